The molecule has 0 aromatic carbocycles. The van der Waals surface area contributed by atoms with Crippen molar-refractivity contribution in [3.05, 3.63) is 58.2 Å². The highest BCUT2D eigenvalue weighted by Crippen LogP contribution is 2.67. The maximum atomic E-state index is 15.0. The normalized spacial score (nSPS) is 29.4. The smallest absolute Gasteiger partial charge is 0.175 e. The zero-order valence-corrected chi connectivity index (χ0v) is 26.1. The Morgan fingerprint density at radius 1 is 0.921 bits per heavy atom. The van der Waals surface area contributed by atoms with Crippen molar-refractivity contribution in [2.24, 2.45) is 28.1 Å². The van der Waals surface area contributed by atoms with Crippen molar-refractivity contribution in [3.63, 3.8) is 0 Å². The van der Waals surface area contributed by atoms with Crippen molar-refractivity contribution in [2.45, 2.75) is 121 Å². The SMILES string of the molecule is CC(C)=CCC[C@]1(C)[C@@H](CC=C(C)C)C[C@]2(CC=C(C)C)C=C(CC=C(C)C)C(=O)[C@]1([C@@H](O)C(C)C)C2=O. The van der Waals surface area contributed by atoms with Crippen molar-refractivity contribution in [1.82, 2.24) is 0 Å². The molecule has 0 radical (unpaired) electrons. The number of fused-ring (bicyclic) bond motifs is 2. The number of Topliss-reactive ketones (excluding diaryl/α,β-unsaturated/α-hetero) is 2. The fraction of sp³-hybridized carbons (Fsp3) is 0.657. The molecule has 2 aliphatic carbocycles. The molecule has 2 bridgehead atoms. The van der Waals surface area contributed by atoms with Gasteiger partial charge in [-0.3, -0.25) is 9.59 Å². The van der Waals surface area contributed by atoms with Gasteiger partial charge in [-0.1, -0.05) is 73.4 Å². The van der Waals surface area contributed by atoms with Gasteiger partial charge in [0.2, 0.25) is 0 Å². The van der Waals surface area contributed by atoms with Crippen molar-refractivity contribution < 1.29 is 14.7 Å². The van der Waals surface area contributed by atoms with Gasteiger partial charge in [0, 0.05) is 0 Å². The predicted octanol–water partition coefficient (Wildman–Crippen LogP) is 8.90. The van der Waals surface area contributed by atoms with Crippen molar-refractivity contribution in [1.29, 1.82) is 0 Å². The van der Waals surface area contributed by atoms with Gasteiger partial charge >= 0.3 is 0 Å². The second-order valence-electron chi connectivity index (χ2n) is 13.6. The van der Waals surface area contributed by atoms with Gasteiger partial charge in [0.05, 0.1) is 11.5 Å². The van der Waals surface area contributed by atoms with Gasteiger partial charge in [0.1, 0.15) is 5.41 Å². The van der Waals surface area contributed by atoms with Gasteiger partial charge in [-0.25, -0.2) is 0 Å². The molecule has 1 saturated carbocycles. The third kappa shape index (κ3) is 6.09. The van der Waals surface area contributed by atoms with E-state index in [2.05, 4.69) is 72.8 Å². The van der Waals surface area contributed by atoms with Crippen LogP contribution in [0.4, 0.5) is 0 Å². The van der Waals surface area contributed by atoms with Gasteiger partial charge in [-0.15, -0.1) is 0 Å². The van der Waals surface area contributed by atoms with Crippen LogP contribution in [0.15, 0.2) is 58.2 Å². The number of rotatable bonds is 11. The number of hydrogen-bond donors (Lipinski definition) is 1. The minimum absolute atomic E-state index is 0.0530. The highest BCUT2D eigenvalue weighted by atomic mass is 16.3. The number of carbonyl (C=O) groups excluding carboxylic acids is 2. The van der Waals surface area contributed by atoms with Crippen LogP contribution in [-0.4, -0.2) is 22.8 Å². The molecule has 3 heteroatoms. The molecule has 2 aliphatic rings. The highest BCUT2D eigenvalue weighted by Gasteiger charge is 2.73. The number of carbonyl (C=O) groups is 2. The molecule has 0 aromatic heterocycles. The van der Waals surface area contributed by atoms with Crippen LogP contribution < -0.4 is 0 Å². The van der Waals surface area contributed by atoms with E-state index in [1.165, 1.54) is 11.1 Å². The fourth-order valence-corrected chi connectivity index (χ4v) is 6.85. The topological polar surface area (TPSA) is 54.4 Å². The van der Waals surface area contributed by atoms with Crippen molar-refractivity contribution >= 4 is 11.6 Å². The first-order chi connectivity index (χ1) is 17.5. The molecule has 0 aromatic rings. The monoisotopic (exact) mass is 522 g/mol. The number of aliphatic hydroxyl groups excluding tert-OH is 1. The van der Waals surface area contributed by atoms with E-state index in [0.717, 1.165) is 24.0 Å². The lowest BCUT2D eigenvalue weighted by atomic mass is 9.38. The maximum Gasteiger partial charge on any atom is 0.175 e. The van der Waals surface area contributed by atoms with Gasteiger partial charge in [0.15, 0.2) is 11.6 Å². The van der Waals surface area contributed by atoms with Crippen LogP contribution in [0.2, 0.25) is 0 Å². The van der Waals surface area contributed by atoms with Crippen LogP contribution in [0.1, 0.15) is 115 Å². The predicted molar refractivity (Wildman–Crippen MR) is 161 cm³/mol. The lowest BCUT2D eigenvalue weighted by Crippen LogP contribution is -2.71. The summed E-state index contributed by atoms with van der Waals surface area (Å²) in [5.41, 5.74) is 2.53. The van der Waals surface area contributed by atoms with E-state index in [1.807, 2.05) is 33.8 Å². The Morgan fingerprint density at radius 2 is 1.47 bits per heavy atom. The van der Waals surface area contributed by atoms with Crippen LogP contribution in [0.25, 0.3) is 0 Å². The minimum Gasteiger partial charge on any atom is -0.391 e. The van der Waals surface area contributed by atoms with Gasteiger partial charge in [0.25, 0.3) is 0 Å². The van der Waals surface area contributed by atoms with Crippen molar-refractivity contribution in [2.75, 3.05) is 0 Å². The van der Waals surface area contributed by atoms with E-state index in [-0.39, 0.29) is 23.4 Å². The Hall–Kier alpha value is -2.00. The largest absolute Gasteiger partial charge is 0.391 e. The van der Waals surface area contributed by atoms with E-state index < -0.39 is 22.3 Å². The van der Waals surface area contributed by atoms with E-state index >= 15 is 0 Å². The molecule has 5 atom stereocenters. The number of ketones is 2. The molecule has 0 amide bonds. The fourth-order valence-electron chi connectivity index (χ4n) is 6.85. The van der Waals surface area contributed by atoms with E-state index in [4.69, 9.17) is 0 Å². The molecule has 0 heterocycles. The third-order valence-corrected chi connectivity index (χ3v) is 9.03. The molecule has 1 fully saturated rings. The zero-order valence-electron chi connectivity index (χ0n) is 26.1. The molecule has 38 heavy (non-hydrogen) atoms. The third-order valence-electron chi connectivity index (χ3n) is 9.03. The summed E-state index contributed by atoms with van der Waals surface area (Å²) in [6.45, 7) is 22.6. The molecule has 212 valence electrons. The molecular weight excluding hydrogens is 468 g/mol. The summed E-state index contributed by atoms with van der Waals surface area (Å²) in [5, 5.41) is 12.1. The van der Waals surface area contributed by atoms with Crippen LogP contribution in [0.3, 0.4) is 0 Å². The second kappa shape index (κ2) is 12.5. The minimum atomic E-state index is -1.47. The van der Waals surface area contributed by atoms with Gasteiger partial charge in [-0.2, -0.15) is 0 Å². The molecule has 0 aliphatic heterocycles. The summed E-state index contributed by atoms with van der Waals surface area (Å²) in [4.78, 5) is 29.8. The number of hydrogen-bond acceptors (Lipinski definition) is 3. The standard InChI is InChI=1S/C35H54O3/c1-23(2)13-12-19-33(11)29(17-15-25(5)6)22-34(20-18-26(7)8)21-28(16-14-24(3)4)31(37)35(33,32(34)38)30(36)27(9)10/h13-15,18,21,27,29-30,36H,12,16-17,19-20,22H2,1-11H3/t29-,30-,33+,34-,35+/m0/s1. The average molecular weight is 523 g/mol. The first-order valence-corrected chi connectivity index (χ1v) is 14.6. The second-order valence-corrected chi connectivity index (χ2v) is 13.6. The van der Waals surface area contributed by atoms with Gasteiger partial charge in [-0.05, 0) is 117 Å². The Labute approximate surface area is 233 Å². The quantitative estimate of drug-likeness (QED) is 0.218. The number of aliphatic hydroxyl groups is 1. The maximum absolute atomic E-state index is 15.0. The molecule has 1 N–H and O–H groups in total. The lowest BCUT2D eigenvalue weighted by molar-refractivity contribution is -0.191. The molecule has 0 spiro atoms. The molecule has 0 saturated heterocycles. The summed E-state index contributed by atoms with van der Waals surface area (Å²) in [5.74, 6) is -0.333. The Morgan fingerprint density at radius 3 is 1.97 bits per heavy atom. The summed E-state index contributed by atoms with van der Waals surface area (Å²) in [6, 6.07) is 0. The summed E-state index contributed by atoms with van der Waals surface area (Å²) in [7, 11) is 0. The molecule has 0 unspecified atom stereocenters. The molecule has 2 rings (SSSR count). The van der Waals surface area contributed by atoms with Crippen LogP contribution >= 0.6 is 0 Å². The van der Waals surface area contributed by atoms with E-state index in [9.17, 15) is 14.7 Å². The zero-order chi connectivity index (χ0) is 29.1. The van der Waals surface area contributed by atoms with Crippen LogP contribution in [0, 0.1) is 28.1 Å². The highest BCUT2D eigenvalue weighted by molar-refractivity contribution is 6.21. The summed E-state index contributed by atoms with van der Waals surface area (Å²) >= 11 is 0. The number of allylic oxidation sites excluding steroid dienone is 10. The molecular formula is C35H54O3. The first-order valence-electron chi connectivity index (χ1n) is 14.6. The Bertz CT molecular complexity index is 1050. The summed E-state index contributed by atoms with van der Waals surface area (Å²) < 4.78 is 0. The van der Waals surface area contributed by atoms with Gasteiger partial charge < -0.3 is 5.11 Å². The van der Waals surface area contributed by atoms with Crippen LogP contribution in [-0.2, 0) is 9.59 Å². The Kier molecular flexibility index (Phi) is 10.6. The lowest BCUT2D eigenvalue weighted by Gasteiger charge is -2.63. The van der Waals surface area contributed by atoms with E-state index in [1.54, 1.807) is 0 Å². The van der Waals surface area contributed by atoms with Crippen LogP contribution in [0.5, 0.6) is 0 Å². The first kappa shape index (κ1) is 32.2. The van der Waals surface area contributed by atoms with E-state index in [0.29, 0.717) is 31.3 Å². The average Bonchev–Trinajstić information content (AvgIpc) is 2.80. The summed E-state index contributed by atoms with van der Waals surface area (Å²) in [6.07, 6.45) is 13.7. The molecule has 3 nitrogen and oxygen atoms in total. The van der Waals surface area contributed by atoms with Crippen molar-refractivity contribution in [3.8, 4) is 0 Å². The Balaban J connectivity index is 2.99.